The van der Waals surface area contributed by atoms with Crippen molar-refractivity contribution in [1.29, 1.82) is 0 Å². The largest absolute Gasteiger partial charge is 0.507 e. The SMILES string of the molecule is CCCCCc1cc2c(c(O)c1C(=O)NCCN1CCOCC1)C1C=C(C)CC[C@H]1C(C)(C)O2. The molecule has 6 nitrogen and oxygen atoms in total. The van der Waals surface area contributed by atoms with Crippen LogP contribution in [-0.4, -0.2) is 60.9 Å². The van der Waals surface area contributed by atoms with Crippen LogP contribution < -0.4 is 10.1 Å². The van der Waals surface area contributed by atoms with Gasteiger partial charge in [-0.1, -0.05) is 31.4 Å². The number of rotatable bonds is 8. The minimum absolute atomic E-state index is 0.0668. The van der Waals surface area contributed by atoms with Crippen LogP contribution in [0.15, 0.2) is 17.7 Å². The fraction of sp³-hybridized carbons (Fsp3) is 0.679. The first kappa shape index (κ1) is 25.1. The normalized spacial score (nSPS) is 23.9. The van der Waals surface area contributed by atoms with E-state index in [4.69, 9.17) is 9.47 Å². The second kappa shape index (κ2) is 10.7. The van der Waals surface area contributed by atoms with Crippen LogP contribution in [0, 0.1) is 5.92 Å². The Kier molecular flexibility index (Phi) is 7.88. The predicted molar refractivity (Wildman–Crippen MR) is 135 cm³/mol. The molecular weight excluding hydrogens is 428 g/mol. The number of fused-ring (bicyclic) bond motifs is 3. The first-order valence-corrected chi connectivity index (χ1v) is 13.1. The van der Waals surface area contributed by atoms with E-state index in [9.17, 15) is 9.90 Å². The van der Waals surface area contributed by atoms with Gasteiger partial charge in [-0.25, -0.2) is 0 Å². The van der Waals surface area contributed by atoms with Gasteiger partial charge in [0.15, 0.2) is 0 Å². The summed E-state index contributed by atoms with van der Waals surface area (Å²) in [5, 5.41) is 14.7. The molecule has 1 unspecified atom stereocenters. The summed E-state index contributed by atoms with van der Waals surface area (Å²) in [4.78, 5) is 15.7. The fourth-order valence-electron chi connectivity index (χ4n) is 5.87. The van der Waals surface area contributed by atoms with Crippen LogP contribution in [0.25, 0.3) is 0 Å². The maximum absolute atomic E-state index is 13.4. The van der Waals surface area contributed by atoms with Crippen molar-refractivity contribution in [3.63, 3.8) is 0 Å². The third-order valence-electron chi connectivity index (χ3n) is 7.82. The van der Waals surface area contributed by atoms with Crippen LogP contribution in [0.5, 0.6) is 11.5 Å². The molecule has 1 amide bonds. The van der Waals surface area contributed by atoms with Crippen LogP contribution in [0.1, 0.15) is 87.2 Å². The number of aromatic hydroxyl groups is 1. The number of nitrogens with one attached hydrogen (secondary N) is 1. The lowest BCUT2D eigenvalue weighted by molar-refractivity contribution is 0.0107. The van der Waals surface area contributed by atoms with Crippen LogP contribution in [-0.2, 0) is 11.2 Å². The number of ether oxygens (including phenoxy) is 2. The number of benzene rings is 1. The molecule has 188 valence electrons. The Morgan fingerprint density at radius 3 is 2.76 bits per heavy atom. The highest BCUT2D eigenvalue weighted by atomic mass is 16.5. The fourth-order valence-corrected chi connectivity index (χ4v) is 5.87. The quantitative estimate of drug-likeness (QED) is 0.422. The second-order valence-electron chi connectivity index (χ2n) is 10.7. The molecule has 0 saturated carbocycles. The Labute approximate surface area is 204 Å². The molecule has 6 heteroatoms. The summed E-state index contributed by atoms with van der Waals surface area (Å²) in [6, 6.07) is 2.04. The van der Waals surface area contributed by atoms with E-state index in [-0.39, 0.29) is 29.1 Å². The molecule has 34 heavy (non-hydrogen) atoms. The molecule has 1 saturated heterocycles. The van der Waals surface area contributed by atoms with Gasteiger partial charge in [0.25, 0.3) is 5.91 Å². The van der Waals surface area contributed by atoms with Crippen molar-refractivity contribution < 1.29 is 19.4 Å². The van der Waals surface area contributed by atoms with E-state index in [2.05, 4.69) is 44.0 Å². The summed E-state index contributed by atoms with van der Waals surface area (Å²) in [6.07, 6.45) is 8.30. The predicted octanol–water partition coefficient (Wildman–Crippen LogP) is 4.80. The smallest absolute Gasteiger partial charge is 0.255 e. The summed E-state index contributed by atoms with van der Waals surface area (Å²) < 4.78 is 11.9. The van der Waals surface area contributed by atoms with E-state index in [1.54, 1.807) is 0 Å². The lowest BCUT2D eigenvalue weighted by Gasteiger charge is -2.46. The van der Waals surface area contributed by atoms with E-state index in [0.717, 1.165) is 88.2 Å². The third-order valence-corrected chi connectivity index (χ3v) is 7.82. The molecule has 2 heterocycles. The van der Waals surface area contributed by atoms with Crippen LogP contribution >= 0.6 is 0 Å². The van der Waals surface area contributed by atoms with Gasteiger partial charge in [-0.15, -0.1) is 0 Å². The molecule has 2 N–H and O–H groups in total. The van der Waals surface area contributed by atoms with Gasteiger partial charge in [-0.2, -0.15) is 0 Å². The topological polar surface area (TPSA) is 71.0 Å². The molecule has 0 radical (unpaired) electrons. The molecule has 2 aliphatic heterocycles. The number of nitrogens with zero attached hydrogens (tertiary/aromatic N) is 1. The number of hydrogen-bond donors (Lipinski definition) is 2. The molecule has 4 rings (SSSR count). The van der Waals surface area contributed by atoms with E-state index in [1.807, 2.05) is 6.07 Å². The summed E-state index contributed by atoms with van der Waals surface area (Å²) in [5.41, 5.74) is 3.15. The number of carbonyl (C=O) groups is 1. The molecule has 0 spiro atoms. The average Bonchev–Trinajstić information content (AvgIpc) is 2.79. The Morgan fingerprint density at radius 2 is 2.03 bits per heavy atom. The minimum Gasteiger partial charge on any atom is -0.507 e. The van der Waals surface area contributed by atoms with E-state index in [0.29, 0.717) is 12.1 Å². The maximum Gasteiger partial charge on any atom is 0.255 e. The first-order valence-electron chi connectivity index (χ1n) is 13.1. The molecule has 1 fully saturated rings. The molecule has 1 aliphatic carbocycles. The number of unbranched alkanes of at least 4 members (excludes halogenated alkanes) is 2. The third kappa shape index (κ3) is 5.28. The van der Waals surface area contributed by atoms with Crippen molar-refractivity contribution >= 4 is 5.91 Å². The van der Waals surface area contributed by atoms with Gasteiger partial charge in [0.2, 0.25) is 0 Å². The Bertz CT molecular complexity index is 917. The Hall–Kier alpha value is -2.05. The van der Waals surface area contributed by atoms with Crippen molar-refractivity contribution in [3.05, 3.63) is 34.4 Å². The van der Waals surface area contributed by atoms with Crippen molar-refractivity contribution in [2.75, 3.05) is 39.4 Å². The zero-order valence-corrected chi connectivity index (χ0v) is 21.4. The van der Waals surface area contributed by atoms with Crippen molar-refractivity contribution in [2.45, 2.75) is 77.7 Å². The number of aryl methyl sites for hydroxylation is 1. The zero-order valence-electron chi connectivity index (χ0n) is 21.4. The molecule has 1 aromatic carbocycles. The highest BCUT2D eigenvalue weighted by Gasteiger charge is 2.46. The van der Waals surface area contributed by atoms with Crippen molar-refractivity contribution in [2.24, 2.45) is 5.92 Å². The number of amides is 1. The van der Waals surface area contributed by atoms with Gasteiger partial charge in [0.1, 0.15) is 17.1 Å². The molecule has 0 aromatic heterocycles. The van der Waals surface area contributed by atoms with Gasteiger partial charge in [0.05, 0.1) is 18.8 Å². The first-order chi connectivity index (χ1) is 16.3. The summed E-state index contributed by atoms with van der Waals surface area (Å²) in [7, 11) is 0. The Morgan fingerprint density at radius 1 is 1.26 bits per heavy atom. The van der Waals surface area contributed by atoms with Gasteiger partial charge in [-0.05, 0) is 58.1 Å². The number of allylic oxidation sites excluding steroid dienone is 2. The number of hydrogen-bond acceptors (Lipinski definition) is 5. The van der Waals surface area contributed by atoms with Gasteiger partial charge < -0.3 is 19.9 Å². The number of carbonyl (C=O) groups excluding carboxylic acids is 1. The van der Waals surface area contributed by atoms with Crippen LogP contribution in [0.3, 0.4) is 0 Å². The van der Waals surface area contributed by atoms with E-state index >= 15 is 0 Å². The molecular formula is C28H42N2O4. The van der Waals surface area contributed by atoms with Gasteiger partial charge in [-0.3, -0.25) is 9.69 Å². The zero-order chi connectivity index (χ0) is 24.3. The molecule has 0 bridgehead atoms. The highest BCUT2D eigenvalue weighted by Crippen LogP contribution is 2.54. The van der Waals surface area contributed by atoms with Gasteiger partial charge >= 0.3 is 0 Å². The highest BCUT2D eigenvalue weighted by molar-refractivity contribution is 5.99. The molecule has 1 aromatic rings. The lowest BCUT2D eigenvalue weighted by atomic mass is 9.67. The lowest BCUT2D eigenvalue weighted by Crippen LogP contribution is -2.45. The monoisotopic (exact) mass is 470 g/mol. The number of phenols is 1. The molecule has 3 aliphatic rings. The van der Waals surface area contributed by atoms with Crippen molar-refractivity contribution in [3.8, 4) is 11.5 Å². The minimum atomic E-state index is -0.316. The number of morpholine rings is 1. The molecule has 2 atom stereocenters. The maximum atomic E-state index is 13.4. The number of phenolic OH excluding ortho intramolecular Hbond substituents is 1. The van der Waals surface area contributed by atoms with Crippen LogP contribution in [0.2, 0.25) is 0 Å². The Balaban J connectivity index is 1.65. The van der Waals surface area contributed by atoms with Crippen LogP contribution in [0.4, 0.5) is 0 Å². The van der Waals surface area contributed by atoms with E-state index < -0.39 is 0 Å². The van der Waals surface area contributed by atoms with Crippen molar-refractivity contribution in [1.82, 2.24) is 10.2 Å². The second-order valence-corrected chi connectivity index (χ2v) is 10.7. The van der Waals surface area contributed by atoms with Gasteiger partial charge in [0, 0.05) is 43.6 Å². The van der Waals surface area contributed by atoms with E-state index in [1.165, 1.54) is 5.57 Å². The summed E-state index contributed by atoms with van der Waals surface area (Å²) in [5.74, 6) is 1.02. The standard InChI is InChI=1S/C28H42N2O4/c1-5-6-7-8-20-18-23-25(21-17-19(2)9-10-22(21)28(3,4)34-23)26(31)24(20)27(32)29-11-12-30-13-15-33-16-14-30/h17-18,21-22,31H,5-16H2,1-4H3,(H,29,32)/t21?,22-/m1/s1. The summed E-state index contributed by atoms with van der Waals surface area (Å²) in [6.45, 7) is 13.3. The summed E-state index contributed by atoms with van der Waals surface area (Å²) >= 11 is 0. The average molecular weight is 471 g/mol.